The Morgan fingerprint density at radius 2 is 1.05 bits per heavy atom. The highest BCUT2D eigenvalue weighted by molar-refractivity contribution is 7.95. The smallest absolute Gasteiger partial charge is 0.136 e. The Hall–Kier alpha value is 0.480. The molecule has 2 nitrogen and oxygen atoms in total. The Kier molecular flexibility index (Phi) is 12.6. The van der Waals surface area contributed by atoms with Crippen molar-refractivity contribution in [1.82, 2.24) is 0 Å². The maximum Gasteiger partial charge on any atom is 0.136 e. The molecule has 6 heteroatoms. The molecule has 0 aromatic heterocycles. The molecule has 1 aromatic carbocycles. The molecule has 0 atom stereocenters. The molecular formula is C14H24Br2O2S2. The normalized spacial score (nSPS) is 10.0. The summed E-state index contributed by atoms with van der Waals surface area (Å²) >= 11 is 0. The van der Waals surface area contributed by atoms with E-state index < -0.39 is 0 Å². The average Bonchev–Trinajstić information content (AvgIpc) is 2.29. The molecule has 20 heavy (non-hydrogen) atoms. The van der Waals surface area contributed by atoms with E-state index in [9.17, 15) is 0 Å². The lowest BCUT2D eigenvalue weighted by atomic mass is 10.1. The second-order valence-electron chi connectivity index (χ2n) is 4.74. The molecule has 0 bridgehead atoms. The van der Waals surface area contributed by atoms with Crippen LogP contribution in [0.1, 0.15) is 11.1 Å². The Morgan fingerprint density at radius 3 is 1.25 bits per heavy atom. The summed E-state index contributed by atoms with van der Waals surface area (Å²) in [6.07, 6.45) is 8.98. The van der Waals surface area contributed by atoms with Crippen molar-refractivity contribution in [2.24, 2.45) is 0 Å². The standard InChI is InChI=1S/C14H24O2S2.2BrH/c1-15-13-7-12(10-18(5)6)14(16-2)8-11(13)9-17(3)4;;/h7-8H,9-10H2,1-6H3;2*1H/q+2;;/p-2. The summed E-state index contributed by atoms with van der Waals surface area (Å²) in [5, 5.41) is 0. The minimum absolute atomic E-state index is 0. The number of ether oxygens (including phenoxy) is 2. The minimum Gasteiger partial charge on any atom is -1.00 e. The minimum atomic E-state index is 0. The molecule has 1 aromatic rings. The van der Waals surface area contributed by atoms with Crippen molar-refractivity contribution in [1.29, 1.82) is 0 Å². The summed E-state index contributed by atoms with van der Waals surface area (Å²) in [5.74, 6) is 4.09. The van der Waals surface area contributed by atoms with Gasteiger partial charge in [0, 0.05) is 11.1 Å². The second-order valence-corrected chi connectivity index (χ2v) is 9.26. The van der Waals surface area contributed by atoms with Gasteiger partial charge in [-0.25, -0.2) is 0 Å². The van der Waals surface area contributed by atoms with E-state index in [2.05, 4.69) is 37.2 Å². The highest BCUT2D eigenvalue weighted by Gasteiger charge is 2.18. The number of benzene rings is 1. The van der Waals surface area contributed by atoms with Gasteiger partial charge >= 0.3 is 0 Å². The fraction of sp³-hybridized carbons (Fsp3) is 0.571. The number of rotatable bonds is 6. The maximum absolute atomic E-state index is 5.52. The molecule has 1 rings (SSSR count). The van der Waals surface area contributed by atoms with Gasteiger partial charge in [0.1, 0.15) is 23.0 Å². The lowest BCUT2D eigenvalue weighted by Crippen LogP contribution is -3.00. The predicted molar refractivity (Wildman–Crippen MR) is 85.4 cm³/mol. The summed E-state index contributed by atoms with van der Waals surface area (Å²) in [6.45, 7) is 0. The van der Waals surface area contributed by atoms with Crippen LogP contribution in [0.15, 0.2) is 12.1 Å². The quantitative estimate of drug-likeness (QED) is 0.421. The monoisotopic (exact) mass is 446 g/mol. The van der Waals surface area contributed by atoms with Crippen molar-refractivity contribution in [3.63, 3.8) is 0 Å². The van der Waals surface area contributed by atoms with Crippen molar-refractivity contribution in [2.75, 3.05) is 39.2 Å². The van der Waals surface area contributed by atoms with Gasteiger partial charge in [-0.05, 0) is 33.9 Å². The first-order valence-corrected chi connectivity index (χ1v) is 10.2. The highest BCUT2D eigenvalue weighted by Crippen LogP contribution is 2.31. The van der Waals surface area contributed by atoms with Crippen molar-refractivity contribution in [3.05, 3.63) is 23.3 Å². The molecule has 0 radical (unpaired) electrons. The van der Waals surface area contributed by atoms with Crippen molar-refractivity contribution in [2.45, 2.75) is 11.5 Å². The molecule has 0 aliphatic carbocycles. The average molecular weight is 448 g/mol. The Balaban J connectivity index is 0. The van der Waals surface area contributed by atoms with E-state index in [0.717, 1.165) is 23.0 Å². The summed E-state index contributed by atoms with van der Waals surface area (Å²) < 4.78 is 11.0. The van der Waals surface area contributed by atoms with E-state index in [-0.39, 0.29) is 34.0 Å². The largest absolute Gasteiger partial charge is 1.00 e. The zero-order valence-corrected chi connectivity index (χ0v) is 17.8. The summed E-state index contributed by atoms with van der Waals surface area (Å²) in [5.41, 5.74) is 2.50. The van der Waals surface area contributed by atoms with Crippen molar-refractivity contribution >= 4 is 21.8 Å². The van der Waals surface area contributed by atoms with Crippen LogP contribution < -0.4 is 43.4 Å². The van der Waals surface area contributed by atoms with Crippen LogP contribution in [0.5, 0.6) is 11.5 Å². The van der Waals surface area contributed by atoms with E-state index in [1.54, 1.807) is 14.2 Å². The van der Waals surface area contributed by atoms with Crippen LogP contribution in [-0.4, -0.2) is 39.2 Å². The number of hydrogen-bond acceptors (Lipinski definition) is 2. The second kappa shape index (κ2) is 11.1. The van der Waals surface area contributed by atoms with Gasteiger partial charge in [0.2, 0.25) is 0 Å². The Morgan fingerprint density at radius 1 is 0.750 bits per heavy atom. The van der Waals surface area contributed by atoms with Gasteiger partial charge in [0.25, 0.3) is 0 Å². The maximum atomic E-state index is 5.52. The fourth-order valence-corrected chi connectivity index (χ4v) is 3.57. The molecule has 0 amide bonds. The third-order valence-electron chi connectivity index (χ3n) is 2.57. The third-order valence-corrected chi connectivity index (χ3v) is 4.35. The van der Waals surface area contributed by atoms with Crippen LogP contribution in [0.4, 0.5) is 0 Å². The van der Waals surface area contributed by atoms with Crippen LogP contribution in [0.2, 0.25) is 0 Å². The third kappa shape index (κ3) is 6.96. The first-order chi connectivity index (χ1) is 8.47. The summed E-state index contributed by atoms with van der Waals surface area (Å²) in [7, 11) is 4.21. The number of hydrogen-bond donors (Lipinski definition) is 0. The van der Waals surface area contributed by atoms with Crippen LogP contribution in [0.3, 0.4) is 0 Å². The predicted octanol–water partition coefficient (Wildman–Crippen LogP) is -3.53. The van der Waals surface area contributed by atoms with Gasteiger partial charge < -0.3 is 43.4 Å². The van der Waals surface area contributed by atoms with Crippen molar-refractivity contribution in [3.8, 4) is 11.5 Å². The Labute approximate surface area is 150 Å². The molecule has 0 aliphatic heterocycles. The SMILES string of the molecule is COc1cc(C[S+](C)C)c(OC)cc1C[S+](C)C.[Br-].[Br-]. The van der Waals surface area contributed by atoms with E-state index in [0.29, 0.717) is 21.8 Å². The van der Waals surface area contributed by atoms with Gasteiger partial charge in [0.15, 0.2) is 0 Å². The van der Waals surface area contributed by atoms with E-state index in [4.69, 9.17) is 9.47 Å². The molecule has 0 unspecified atom stereocenters. The summed E-state index contributed by atoms with van der Waals surface area (Å²) in [6, 6.07) is 4.29. The first-order valence-electron chi connectivity index (χ1n) is 5.80. The van der Waals surface area contributed by atoms with Gasteiger partial charge in [-0.2, -0.15) is 0 Å². The molecule has 118 valence electrons. The zero-order valence-electron chi connectivity index (χ0n) is 13.0. The van der Waals surface area contributed by atoms with Gasteiger partial charge in [0.05, 0.1) is 39.2 Å². The van der Waals surface area contributed by atoms with Gasteiger partial charge in [-0.1, -0.05) is 0 Å². The van der Waals surface area contributed by atoms with E-state index in [1.807, 2.05) is 0 Å². The topological polar surface area (TPSA) is 18.5 Å². The van der Waals surface area contributed by atoms with Crippen molar-refractivity contribution < 1.29 is 43.4 Å². The molecule has 0 saturated carbocycles. The van der Waals surface area contributed by atoms with Crippen LogP contribution in [0.25, 0.3) is 0 Å². The lowest BCUT2D eigenvalue weighted by molar-refractivity contribution is -0.001000. The first kappa shape index (κ1) is 22.8. The molecule has 0 fully saturated rings. The number of methoxy groups -OCH3 is 2. The van der Waals surface area contributed by atoms with Gasteiger partial charge in [-0.3, -0.25) is 0 Å². The molecule has 0 spiro atoms. The Bertz CT molecular complexity index is 361. The lowest BCUT2D eigenvalue weighted by Gasteiger charge is -2.13. The number of halogens is 2. The molecule has 0 heterocycles. The highest BCUT2D eigenvalue weighted by atomic mass is 79.9. The van der Waals surface area contributed by atoms with Crippen LogP contribution >= 0.6 is 0 Å². The van der Waals surface area contributed by atoms with Crippen LogP contribution in [0, 0.1) is 0 Å². The molecule has 0 aliphatic rings. The molecule has 0 saturated heterocycles. The molecule has 0 N–H and O–H groups in total. The molecular weight excluding hydrogens is 424 g/mol. The fourth-order valence-electron chi connectivity index (χ4n) is 1.87. The van der Waals surface area contributed by atoms with E-state index in [1.165, 1.54) is 11.1 Å². The van der Waals surface area contributed by atoms with Gasteiger partial charge in [-0.15, -0.1) is 0 Å². The van der Waals surface area contributed by atoms with Crippen LogP contribution in [-0.2, 0) is 33.3 Å². The summed E-state index contributed by atoms with van der Waals surface area (Å²) in [4.78, 5) is 0. The zero-order chi connectivity index (χ0) is 13.7. The van der Waals surface area contributed by atoms with E-state index >= 15 is 0 Å².